The van der Waals surface area contributed by atoms with Gasteiger partial charge in [0.15, 0.2) is 0 Å². The molecular formula is C11H10F2N2O2. The Bertz CT molecular complexity index is 539. The van der Waals surface area contributed by atoms with E-state index >= 15 is 0 Å². The molecule has 2 heterocycles. The van der Waals surface area contributed by atoms with E-state index in [0.29, 0.717) is 16.6 Å². The van der Waals surface area contributed by atoms with Crippen molar-refractivity contribution < 1.29 is 18.7 Å². The molecule has 17 heavy (non-hydrogen) atoms. The summed E-state index contributed by atoms with van der Waals surface area (Å²) in [6, 6.07) is 3.27. The molecule has 1 unspecified atom stereocenters. The molecule has 1 atom stereocenters. The van der Waals surface area contributed by atoms with Crippen LogP contribution in [-0.2, 0) is 4.79 Å². The van der Waals surface area contributed by atoms with Gasteiger partial charge in [-0.3, -0.25) is 4.79 Å². The first-order valence-electron chi connectivity index (χ1n) is 5.01. The summed E-state index contributed by atoms with van der Waals surface area (Å²) >= 11 is 0. The second-order valence-electron chi connectivity index (χ2n) is 3.68. The molecule has 6 heteroatoms. The highest BCUT2D eigenvalue weighted by Gasteiger charge is 2.27. The molecule has 2 aromatic rings. The number of carbonyl (C=O) groups is 1. The van der Waals surface area contributed by atoms with Crippen LogP contribution >= 0.6 is 0 Å². The largest absolute Gasteiger partial charge is 0.481 e. The molecule has 0 radical (unpaired) electrons. The van der Waals surface area contributed by atoms with Gasteiger partial charge in [-0.1, -0.05) is 0 Å². The monoisotopic (exact) mass is 240 g/mol. The van der Waals surface area contributed by atoms with Crippen LogP contribution in [0.4, 0.5) is 8.78 Å². The van der Waals surface area contributed by atoms with Gasteiger partial charge in [-0.15, -0.1) is 0 Å². The van der Waals surface area contributed by atoms with E-state index in [2.05, 4.69) is 9.97 Å². The quantitative estimate of drug-likeness (QED) is 0.862. The molecule has 4 nitrogen and oxygen atoms in total. The number of aromatic amines is 1. The van der Waals surface area contributed by atoms with Crippen molar-refractivity contribution >= 4 is 17.0 Å². The first-order chi connectivity index (χ1) is 8.09. The van der Waals surface area contributed by atoms with Gasteiger partial charge in [-0.25, -0.2) is 13.8 Å². The number of nitrogens with zero attached hydrogens (tertiary/aromatic N) is 1. The van der Waals surface area contributed by atoms with E-state index in [4.69, 9.17) is 5.11 Å². The summed E-state index contributed by atoms with van der Waals surface area (Å²) in [7, 11) is 0. The minimum atomic E-state index is -2.72. The Morgan fingerprint density at radius 1 is 1.53 bits per heavy atom. The van der Waals surface area contributed by atoms with Gasteiger partial charge < -0.3 is 10.1 Å². The molecule has 2 N–H and O–H groups in total. The first kappa shape index (κ1) is 11.5. The summed E-state index contributed by atoms with van der Waals surface area (Å²) in [5, 5.41) is 9.19. The van der Waals surface area contributed by atoms with Gasteiger partial charge in [-0.2, -0.15) is 0 Å². The van der Waals surface area contributed by atoms with Crippen LogP contribution in [0.1, 0.15) is 17.9 Å². The van der Waals surface area contributed by atoms with Gasteiger partial charge in [0.1, 0.15) is 5.65 Å². The molecule has 0 aliphatic heterocycles. The lowest BCUT2D eigenvalue weighted by Crippen LogP contribution is -2.13. The number of aromatic nitrogens is 2. The van der Waals surface area contributed by atoms with E-state index in [1.165, 1.54) is 12.4 Å². The number of pyridine rings is 1. The van der Waals surface area contributed by atoms with Gasteiger partial charge in [0, 0.05) is 17.8 Å². The van der Waals surface area contributed by atoms with Crippen molar-refractivity contribution in [3.8, 4) is 0 Å². The van der Waals surface area contributed by atoms with Crippen LogP contribution in [0.15, 0.2) is 24.5 Å². The number of nitrogens with one attached hydrogen (secondary N) is 1. The third-order valence-corrected chi connectivity index (χ3v) is 2.58. The number of H-pyrrole nitrogens is 1. The number of hydrogen-bond acceptors (Lipinski definition) is 2. The molecule has 0 fully saturated rings. The highest BCUT2D eigenvalue weighted by Crippen LogP contribution is 2.31. The van der Waals surface area contributed by atoms with E-state index in [1.807, 2.05) is 0 Å². The Morgan fingerprint density at radius 3 is 2.94 bits per heavy atom. The third kappa shape index (κ3) is 2.25. The van der Waals surface area contributed by atoms with Crippen molar-refractivity contribution in [1.29, 1.82) is 0 Å². The molecule has 0 bridgehead atoms. The van der Waals surface area contributed by atoms with Crippen molar-refractivity contribution in [1.82, 2.24) is 9.97 Å². The topological polar surface area (TPSA) is 66.0 Å². The molecule has 2 rings (SSSR count). The number of halogens is 2. The molecule has 90 valence electrons. The second kappa shape index (κ2) is 4.48. The van der Waals surface area contributed by atoms with Crippen LogP contribution in [-0.4, -0.2) is 27.5 Å². The van der Waals surface area contributed by atoms with Gasteiger partial charge in [0.25, 0.3) is 0 Å². The molecule has 0 aliphatic carbocycles. The van der Waals surface area contributed by atoms with Crippen LogP contribution in [0, 0.1) is 0 Å². The second-order valence-corrected chi connectivity index (χ2v) is 3.68. The van der Waals surface area contributed by atoms with Crippen molar-refractivity contribution in [3.63, 3.8) is 0 Å². The number of alkyl halides is 2. The third-order valence-electron chi connectivity index (χ3n) is 2.58. The van der Waals surface area contributed by atoms with E-state index in [1.54, 1.807) is 12.1 Å². The summed E-state index contributed by atoms with van der Waals surface area (Å²) in [5.41, 5.74) is 0.782. The number of fused-ring (bicyclic) bond motifs is 1. The zero-order valence-corrected chi connectivity index (χ0v) is 8.73. The zero-order chi connectivity index (χ0) is 12.4. The lowest BCUT2D eigenvalue weighted by molar-refractivity contribution is -0.138. The standard InChI is InChI=1S/C11H10F2N2O2/c12-10(13)7(4-9(16)17)8-5-15-11-6(8)2-1-3-14-11/h1-3,5,7,10H,4H2,(H,14,15)(H,16,17). The van der Waals surface area contributed by atoms with Crippen molar-refractivity contribution in [2.24, 2.45) is 0 Å². The average molecular weight is 240 g/mol. The van der Waals surface area contributed by atoms with Gasteiger partial charge in [0.05, 0.1) is 12.3 Å². The van der Waals surface area contributed by atoms with E-state index in [9.17, 15) is 13.6 Å². The van der Waals surface area contributed by atoms with Crippen LogP contribution in [0.3, 0.4) is 0 Å². The number of hydrogen-bond donors (Lipinski definition) is 2. The van der Waals surface area contributed by atoms with Crippen LogP contribution in [0.25, 0.3) is 11.0 Å². The van der Waals surface area contributed by atoms with Gasteiger partial charge in [0.2, 0.25) is 6.43 Å². The molecule has 0 aromatic carbocycles. The Hall–Kier alpha value is -1.98. The lowest BCUT2D eigenvalue weighted by Gasteiger charge is -2.12. The fraction of sp³-hybridized carbons (Fsp3) is 0.273. The number of aliphatic carboxylic acids is 1. The van der Waals surface area contributed by atoms with Crippen molar-refractivity contribution in [2.75, 3.05) is 0 Å². The summed E-state index contributed by atoms with van der Waals surface area (Å²) in [6.45, 7) is 0. The van der Waals surface area contributed by atoms with E-state index in [0.717, 1.165) is 0 Å². The smallest absolute Gasteiger partial charge is 0.304 e. The summed E-state index contributed by atoms with van der Waals surface area (Å²) in [5.74, 6) is -2.56. The first-order valence-corrected chi connectivity index (χ1v) is 5.01. The van der Waals surface area contributed by atoms with Crippen LogP contribution < -0.4 is 0 Å². The predicted molar refractivity (Wildman–Crippen MR) is 57.1 cm³/mol. The molecule has 0 amide bonds. The zero-order valence-electron chi connectivity index (χ0n) is 8.73. The normalized spacial score (nSPS) is 13.1. The highest BCUT2D eigenvalue weighted by molar-refractivity contribution is 5.81. The van der Waals surface area contributed by atoms with Crippen molar-refractivity contribution in [3.05, 3.63) is 30.1 Å². The Kier molecular flexibility index (Phi) is 3.03. The molecule has 0 aliphatic rings. The van der Waals surface area contributed by atoms with Crippen molar-refractivity contribution in [2.45, 2.75) is 18.8 Å². The number of carboxylic acids is 1. The minimum absolute atomic E-state index is 0.297. The average Bonchev–Trinajstić information content (AvgIpc) is 2.69. The summed E-state index contributed by atoms with van der Waals surface area (Å²) < 4.78 is 25.7. The Balaban J connectivity index is 2.45. The van der Waals surface area contributed by atoms with Gasteiger partial charge in [-0.05, 0) is 17.7 Å². The summed E-state index contributed by atoms with van der Waals surface area (Å²) in [4.78, 5) is 17.3. The van der Waals surface area contributed by atoms with Crippen LogP contribution in [0.2, 0.25) is 0 Å². The van der Waals surface area contributed by atoms with E-state index < -0.39 is 24.7 Å². The molecular weight excluding hydrogens is 230 g/mol. The van der Waals surface area contributed by atoms with E-state index in [-0.39, 0.29) is 0 Å². The summed E-state index contributed by atoms with van der Waals surface area (Å²) in [6.07, 6.45) is -0.376. The fourth-order valence-corrected chi connectivity index (χ4v) is 1.81. The number of carboxylic acid groups (broad SMARTS) is 1. The Labute approximate surface area is 95.3 Å². The number of rotatable bonds is 4. The fourth-order valence-electron chi connectivity index (χ4n) is 1.81. The molecule has 2 aromatic heterocycles. The molecule has 0 saturated carbocycles. The highest BCUT2D eigenvalue weighted by atomic mass is 19.3. The maximum absolute atomic E-state index is 12.9. The lowest BCUT2D eigenvalue weighted by atomic mass is 9.96. The maximum Gasteiger partial charge on any atom is 0.304 e. The van der Waals surface area contributed by atoms with Gasteiger partial charge >= 0.3 is 5.97 Å². The molecule has 0 saturated heterocycles. The predicted octanol–water partition coefficient (Wildman–Crippen LogP) is 2.39. The molecule has 0 spiro atoms. The minimum Gasteiger partial charge on any atom is -0.481 e. The Morgan fingerprint density at radius 2 is 2.29 bits per heavy atom. The van der Waals surface area contributed by atoms with Crippen LogP contribution in [0.5, 0.6) is 0 Å². The SMILES string of the molecule is O=C(O)CC(c1c[nH]c2ncccc12)C(F)F. The maximum atomic E-state index is 12.9.